The summed E-state index contributed by atoms with van der Waals surface area (Å²) < 4.78 is 18.6. The van der Waals surface area contributed by atoms with Gasteiger partial charge in [0, 0.05) is 29.8 Å². The van der Waals surface area contributed by atoms with E-state index in [0.717, 1.165) is 24.0 Å². The van der Waals surface area contributed by atoms with Gasteiger partial charge in [0.15, 0.2) is 11.5 Å². The molecule has 0 bridgehead atoms. The summed E-state index contributed by atoms with van der Waals surface area (Å²) in [4.78, 5) is 14.8. The minimum atomic E-state index is -1.04. The van der Waals surface area contributed by atoms with Crippen molar-refractivity contribution in [3.05, 3.63) is 94.5 Å². The summed E-state index contributed by atoms with van der Waals surface area (Å²) in [6.45, 7) is 2.37. The van der Waals surface area contributed by atoms with Gasteiger partial charge in [-0.1, -0.05) is 48.5 Å². The molecule has 3 aliphatic rings. The van der Waals surface area contributed by atoms with Crippen LogP contribution in [-0.2, 0) is 23.4 Å². The molecule has 0 atom stereocenters. The fraction of sp³-hybridized carbons (Fsp3) is 0.269. The maximum absolute atomic E-state index is 13.0. The van der Waals surface area contributed by atoms with E-state index >= 15 is 0 Å². The molecule has 1 spiro atoms. The van der Waals surface area contributed by atoms with Crippen molar-refractivity contribution in [2.24, 2.45) is 0 Å². The standard InChI is InChI=1S/C26H23NO4/c28-25(27-13-15-29-16-14-27)20-11-12-23-24(17-20)31-26(30-23)21-7-3-1-5-18(21)9-10-19-6-2-4-8-22(19)26/h1-8,11-12,17H,9-10,13-16H2. The fourth-order valence-electron chi connectivity index (χ4n) is 4.84. The molecule has 2 heterocycles. The van der Waals surface area contributed by atoms with Crippen molar-refractivity contribution in [1.82, 2.24) is 4.90 Å². The van der Waals surface area contributed by atoms with E-state index in [4.69, 9.17) is 14.2 Å². The van der Waals surface area contributed by atoms with Crippen LogP contribution >= 0.6 is 0 Å². The lowest BCUT2D eigenvalue weighted by molar-refractivity contribution is -0.0464. The first-order valence-corrected chi connectivity index (χ1v) is 10.8. The number of hydrogen-bond donors (Lipinski definition) is 0. The molecule has 5 nitrogen and oxygen atoms in total. The van der Waals surface area contributed by atoms with Gasteiger partial charge in [0.05, 0.1) is 13.2 Å². The third kappa shape index (κ3) is 2.92. The lowest BCUT2D eigenvalue weighted by Gasteiger charge is -2.30. The van der Waals surface area contributed by atoms with Crippen molar-refractivity contribution in [3.8, 4) is 11.5 Å². The molecular weight excluding hydrogens is 390 g/mol. The number of ether oxygens (including phenoxy) is 3. The number of benzene rings is 3. The predicted molar refractivity (Wildman–Crippen MR) is 115 cm³/mol. The molecule has 0 unspecified atom stereocenters. The number of aryl methyl sites for hydroxylation is 2. The maximum Gasteiger partial charge on any atom is 0.306 e. The van der Waals surface area contributed by atoms with Crippen molar-refractivity contribution in [1.29, 1.82) is 0 Å². The third-order valence-corrected chi connectivity index (χ3v) is 6.40. The van der Waals surface area contributed by atoms with Gasteiger partial charge in [0.25, 0.3) is 5.91 Å². The molecule has 1 amide bonds. The van der Waals surface area contributed by atoms with Crippen LogP contribution in [0.4, 0.5) is 0 Å². The van der Waals surface area contributed by atoms with Crippen LogP contribution in [0.15, 0.2) is 66.7 Å². The fourth-order valence-corrected chi connectivity index (χ4v) is 4.84. The van der Waals surface area contributed by atoms with Gasteiger partial charge < -0.3 is 19.1 Å². The van der Waals surface area contributed by atoms with Gasteiger partial charge in [-0.25, -0.2) is 0 Å². The Morgan fingerprint density at radius 3 is 2.06 bits per heavy atom. The zero-order valence-corrected chi connectivity index (χ0v) is 17.2. The molecule has 0 aromatic heterocycles. The summed E-state index contributed by atoms with van der Waals surface area (Å²) >= 11 is 0. The molecule has 1 fully saturated rings. The summed E-state index contributed by atoms with van der Waals surface area (Å²) in [5, 5.41) is 0. The molecule has 2 aliphatic heterocycles. The Kier molecular flexibility index (Phi) is 4.25. The van der Waals surface area contributed by atoms with Crippen molar-refractivity contribution in [2.45, 2.75) is 18.6 Å². The summed E-state index contributed by atoms with van der Waals surface area (Å²) in [7, 11) is 0. The van der Waals surface area contributed by atoms with E-state index in [2.05, 4.69) is 36.4 Å². The van der Waals surface area contributed by atoms with Crippen LogP contribution < -0.4 is 9.47 Å². The monoisotopic (exact) mass is 413 g/mol. The number of carbonyl (C=O) groups excluding carboxylic acids is 1. The average molecular weight is 413 g/mol. The van der Waals surface area contributed by atoms with Crippen LogP contribution in [0.5, 0.6) is 11.5 Å². The highest BCUT2D eigenvalue weighted by atomic mass is 16.7. The second-order valence-corrected chi connectivity index (χ2v) is 8.20. The van der Waals surface area contributed by atoms with Gasteiger partial charge in [-0.15, -0.1) is 0 Å². The number of amides is 1. The Morgan fingerprint density at radius 2 is 1.39 bits per heavy atom. The average Bonchev–Trinajstić information content (AvgIpc) is 3.16. The van der Waals surface area contributed by atoms with Gasteiger partial charge in [-0.05, 0) is 42.2 Å². The van der Waals surface area contributed by atoms with E-state index < -0.39 is 5.79 Å². The minimum Gasteiger partial charge on any atom is -0.440 e. The molecule has 31 heavy (non-hydrogen) atoms. The van der Waals surface area contributed by atoms with Crippen molar-refractivity contribution in [2.75, 3.05) is 26.3 Å². The molecule has 5 heteroatoms. The zero-order valence-electron chi connectivity index (χ0n) is 17.2. The van der Waals surface area contributed by atoms with E-state index in [1.807, 2.05) is 35.2 Å². The number of nitrogens with zero attached hydrogens (tertiary/aromatic N) is 1. The first-order valence-electron chi connectivity index (χ1n) is 10.8. The van der Waals surface area contributed by atoms with Crippen LogP contribution in [0.3, 0.4) is 0 Å². The lowest BCUT2D eigenvalue weighted by atomic mass is 9.93. The number of fused-ring (bicyclic) bond motifs is 5. The van der Waals surface area contributed by atoms with E-state index in [1.165, 1.54) is 11.1 Å². The van der Waals surface area contributed by atoms with Gasteiger partial charge in [-0.2, -0.15) is 0 Å². The SMILES string of the molecule is O=C(c1ccc2c(c1)OC1(O2)c2ccccc2CCc2ccccc21)N1CCOCC1. The minimum absolute atomic E-state index is 0.00248. The molecule has 3 aromatic carbocycles. The number of carbonyl (C=O) groups is 1. The highest BCUT2D eigenvalue weighted by Gasteiger charge is 2.49. The molecule has 0 radical (unpaired) electrons. The number of hydrogen-bond acceptors (Lipinski definition) is 4. The topological polar surface area (TPSA) is 48.0 Å². The summed E-state index contributed by atoms with van der Waals surface area (Å²) in [5.74, 6) is 0.222. The molecule has 3 aromatic rings. The largest absolute Gasteiger partial charge is 0.440 e. The zero-order chi connectivity index (χ0) is 20.8. The maximum atomic E-state index is 13.0. The van der Waals surface area contributed by atoms with Gasteiger partial charge in [-0.3, -0.25) is 4.79 Å². The van der Waals surface area contributed by atoms with Crippen LogP contribution in [0.1, 0.15) is 32.6 Å². The summed E-state index contributed by atoms with van der Waals surface area (Å²) in [6, 6.07) is 22.1. The Morgan fingerprint density at radius 1 is 0.774 bits per heavy atom. The van der Waals surface area contributed by atoms with E-state index in [1.54, 1.807) is 0 Å². The molecule has 0 N–H and O–H groups in total. The van der Waals surface area contributed by atoms with Gasteiger partial charge >= 0.3 is 5.79 Å². The summed E-state index contributed by atoms with van der Waals surface area (Å²) in [5.41, 5.74) is 5.10. The van der Waals surface area contributed by atoms with Crippen LogP contribution in [0, 0.1) is 0 Å². The molecule has 1 saturated heterocycles. The Labute approximate surface area is 181 Å². The third-order valence-electron chi connectivity index (χ3n) is 6.40. The van der Waals surface area contributed by atoms with Crippen molar-refractivity contribution < 1.29 is 19.0 Å². The van der Waals surface area contributed by atoms with Crippen LogP contribution in [-0.4, -0.2) is 37.1 Å². The molecule has 156 valence electrons. The van der Waals surface area contributed by atoms with E-state index in [-0.39, 0.29) is 5.91 Å². The van der Waals surface area contributed by atoms with Crippen molar-refractivity contribution in [3.63, 3.8) is 0 Å². The Balaban J connectivity index is 1.43. The highest BCUT2D eigenvalue weighted by Crippen LogP contribution is 2.50. The van der Waals surface area contributed by atoms with Gasteiger partial charge in [0.2, 0.25) is 0 Å². The number of morpholine rings is 1. The number of rotatable bonds is 1. The first-order chi connectivity index (χ1) is 15.2. The van der Waals surface area contributed by atoms with Crippen LogP contribution in [0.25, 0.3) is 0 Å². The van der Waals surface area contributed by atoms with Gasteiger partial charge in [0.1, 0.15) is 0 Å². The highest BCUT2D eigenvalue weighted by molar-refractivity contribution is 5.95. The lowest BCUT2D eigenvalue weighted by Crippen LogP contribution is -2.40. The summed E-state index contributed by atoms with van der Waals surface area (Å²) in [6.07, 6.45) is 1.86. The first kappa shape index (κ1) is 18.5. The molecular formula is C26H23NO4. The van der Waals surface area contributed by atoms with E-state index in [0.29, 0.717) is 43.4 Å². The van der Waals surface area contributed by atoms with E-state index in [9.17, 15) is 4.79 Å². The molecule has 1 aliphatic carbocycles. The quantitative estimate of drug-likeness (QED) is 0.607. The molecule has 6 rings (SSSR count). The Hall–Kier alpha value is -3.31. The second-order valence-electron chi connectivity index (χ2n) is 8.20. The van der Waals surface area contributed by atoms with Crippen LogP contribution in [0.2, 0.25) is 0 Å². The Bertz CT molecular complexity index is 1120. The van der Waals surface area contributed by atoms with Crippen molar-refractivity contribution >= 4 is 5.91 Å². The predicted octanol–water partition coefficient (Wildman–Crippen LogP) is 3.93. The molecule has 0 saturated carbocycles. The normalized spacial score (nSPS) is 18.3. The smallest absolute Gasteiger partial charge is 0.306 e. The second kappa shape index (κ2) is 7.13.